The Morgan fingerprint density at radius 1 is 1.31 bits per heavy atom. The highest BCUT2D eigenvalue weighted by molar-refractivity contribution is 5.18. The summed E-state index contributed by atoms with van der Waals surface area (Å²) >= 11 is 0. The first-order valence-electron chi connectivity index (χ1n) is 6.17. The van der Waals surface area contributed by atoms with Crippen LogP contribution in [0.2, 0.25) is 0 Å². The third kappa shape index (κ3) is 2.45. The van der Waals surface area contributed by atoms with Crippen LogP contribution in [-0.2, 0) is 0 Å². The van der Waals surface area contributed by atoms with E-state index in [1.54, 1.807) is 0 Å². The Hall–Kier alpha value is -0.860. The van der Waals surface area contributed by atoms with Crippen LogP contribution in [0, 0.1) is 0 Å². The summed E-state index contributed by atoms with van der Waals surface area (Å²) in [6.07, 6.45) is 1.70. The Balaban J connectivity index is 2.07. The van der Waals surface area contributed by atoms with E-state index in [1.807, 2.05) is 0 Å². The van der Waals surface area contributed by atoms with Gasteiger partial charge < -0.3 is 5.11 Å². The Kier molecular flexibility index (Phi) is 3.62. The van der Waals surface area contributed by atoms with Crippen LogP contribution in [0.5, 0.6) is 0 Å². The van der Waals surface area contributed by atoms with E-state index >= 15 is 0 Å². The van der Waals surface area contributed by atoms with E-state index in [4.69, 9.17) is 0 Å². The zero-order valence-electron chi connectivity index (χ0n) is 10.1. The molecule has 1 aliphatic rings. The van der Waals surface area contributed by atoms with Crippen molar-refractivity contribution in [1.29, 1.82) is 0 Å². The Morgan fingerprint density at radius 2 is 2.00 bits per heavy atom. The van der Waals surface area contributed by atoms with Crippen LogP contribution >= 0.6 is 0 Å². The predicted molar refractivity (Wildman–Crippen MR) is 66.3 cm³/mol. The van der Waals surface area contributed by atoms with Crippen LogP contribution in [0.15, 0.2) is 30.3 Å². The molecule has 16 heavy (non-hydrogen) atoms. The van der Waals surface area contributed by atoms with E-state index in [-0.39, 0.29) is 6.10 Å². The summed E-state index contributed by atoms with van der Waals surface area (Å²) in [6, 6.07) is 11.5. The molecule has 1 aromatic carbocycles. The summed E-state index contributed by atoms with van der Waals surface area (Å²) in [5.41, 5.74) is 1.37. The number of hydrogen-bond acceptors (Lipinski definition) is 2. The fourth-order valence-corrected chi connectivity index (χ4v) is 2.66. The molecule has 2 heteroatoms. The Bertz CT molecular complexity index is 325. The van der Waals surface area contributed by atoms with E-state index in [0.29, 0.717) is 12.1 Å². The molecule has 1 aromatic rings. The van der Waals surface area contributed by atoms with Crippen molar-refractivity contribution in [3.8, 4) is 0 Å². The molecular formula is C14H21NO. The smallest absolute Gasteiger partial charge is 0.0567 e. The third-order valence-electron chi connectivity index (χ3n) is 3.68. The van der Waals surface area contributed by atoms with Crippen molar-refractivity contribution in [2.24, 2.45) is 0 Å². The largest absolute Gasteiger partial charge is 0.393 e. The van der Waals surface area contributed by atoms with E-state index in [0.717, 1.165) is 19.4 Å². The minimum atomic E-state index is -0.103. The number of aliphatic hydroxyl groups excluding tert-OH is 1. The average Bonchev–Trinajstić information content (AvgIpc) is 2.29. The number of aliphatic hydroxyl groups is 1. The Labute approximate surface area is 97.9 Å². The molecule has 0 saturated carbocycles. The molecule has 0 aliphatic carbocycles. The predicted octanol–water partition coefficient (Wildman–Crippen LogP) is 2.59. The van der Waals surface area contributed by atoms with Gasteiger partial charge in [0.15, 0.2) is 0 Å². The second kappa shape index (κ2) is 4.98. The SMILES string of the molecule is C[C@@H]1C[C@H](O)CCN1[C@@H](C)c1ccccc1. The van der Waals surface area contributed by atoms with Gasteiger partial charge in [-0.1, -0.05) is 30.3 Å². The van der Waals surface area contributed by atoms with Crippen molar-refractivity contribution in [2.45, 2.75) is 44.9 Å². The molecule has 0 bridgehead atoms. The standard InChI is InChI=1S/C14H21NO/c1-11-10-14(16)8-9-15(11)12(2)13-6-4-3-5-7-13/h3-7,11-12,14,16H,8-10H2,1-2H3/t11-,12+,14-/m1/s1. The molecule has 2 nitrogen and oxygen atoms in total. The monoisotopic (exact) mass is 219 g/mol. The van der Waals surface area contributed by atoms with Gasteiger partial charge in [0.2, 0.25) is 0 Å². The zero-order chi connectivity index (χ0) is 11.5. The lowest BCUT2D eigenvalue weighted by atomic mass is 9.96. The van der Waals surface area contributed by atoms with Crippen molar-refractivity contribution in [3.63, 3.8) is 0 Å². The molecule has 1 N–H and O–H groups in total. The molecule has 88 valence electrons. The van der Waals surface area contributed by atoms with Crippen LogP contribution in [0.25, 0.3) is 0 Å². The van der Waals surface area contributed by atoms with Gasteiger partial charge in [0, 0.05) is 18.6 Å². The number of nitrogens with zero attached hydrogens (tertiary/aromatic N) is 1. The number of piperidine rings is 1. The molecule has 0 amide bonds. The van der Waals surface area contributed by atoms with Crippen LogP contribution in [-0.4, -0.2) is 28.7 Å². The van der Waals surface area contributed by atoms with E-state index in [1.165, 1.54) is 5.56 Å². The Morgan fingerprint density at radius 3 is 2.62 bits per heavy atom. The van der Waals surface area contributed by atoms with Gasteiger partial charge in [-0.15, -0.1) is 0 Å². The minimum absolute atomic E-state index is 0.103. The summed E-state index contributed by atoms with van der Waals surface area (Å²) < 4.78 is 0. The van der Waals surface area contributed by atoms with Crippen molar-refractivity contribution in [1.82, 2.24) is 4.90 Å². The first-order valence-corrected chi connectivity index (χ1v) is 6.17. The number of hydrogen-bond donors (Lipinski definition) is 1. The number of benzene rings is 1. The van der Waals surface area contributed by atoms with Crippen molar-refractivity contribution >= 4 is 0 Å². The third-order valence-corrected chi connectivity index (χ3v) is 3.68. The van der Waals surface area contributed by atoms with Gasteiger partial charge in [-0.3, -0.25) is 4.90 Å². The molecule has 1 saturated heterocycles. The molecule has 0 radical (unpaired) electrons. The van der Waals surface area contributed by atoms with Crippen molar-refractivity contribution < 1.29 is 5.11 Å². The lowest BCUT2D eigenvalue weighted by Crippen LogP contribution is -2.43. The molecule has 1 fully saturated rings. The van der Waals surface area contributed by atoms with Gasteiger partial charge >= 0.3 is 0 Å². The van der Waals surface area contributed by atoms with Gasteiger partial charge in [-0.05, 0) is 32.3 Å². The lowest BCUT2D eigenvalue weighted by molar-refractivity contribution is 0.0277. The highest BCUT2D eigenvalue weighted by Gasteiger charge is 2.27. The van der Waals surface area contributed by atoms with Gasteiger partial charge in [0.05, 0.1) is 6.10 Å². The molecule has 0 unspecified atom stereocenters. The summed E-state index contributed by atoms with van der Waals surface area (Å²) in [7, 11) is 0. The molecule has 3 atom stereocenters. The van der Waals surface area contributed by atoms with Crippen LogP contribution < -0.4 is 0 Å². The molecular weight excluding hydrogens is 198 g/mol. The minimum Gasteiger partial charge on any atom is -0.393 e. The van der Waals surface area contributed by atoms with Gasteiger partial charge in [0.1, 0.15) is 0 Å². The first kappa shape index (κ1) is 11.6. The highest BCUT2D eigenvalue weighted by Crippen LogP contribution is 2.27. The summed E-state index contributed by atoms with van der Waals surface area (Å²) in [6.45, 7) is 5.46. The molecule has 0 spiro atoms. The van der Waals surface area contributed by atoms with E-state index < -0.39 is 0 Å². The maximum atomic E-state index is 9.62. The average molecular weight is 219 g/mol. The van der Waals surface area contributed by atoms with Gasteiger partial charge in [-0.25, -0.2) is 0 Å². The fraction of sp³-hybridized carbons (Fsp3) is 0.571. The van der Waals surface area contributed by atoms with Gasteiger partial charge in [0.25, 0.3) is 0 Å². The highest BCUT2D eigenvalue weighted by atomic mass is 16.3. The number of rotatable bonds is 2. The topological polar surface area (TPSA) is 23.5 Å². The summed E-state index contributed by atoms with van der Waals surface area (Å²) in [5.74, 6) is 0. The molecule has 2 rings (SSSR count). The maximum absolute atomic E-state index is 9.62. The molecule has 1 aliphatic heterocycles. The molecule has 1 heterocycles. The van der Waals surface area contributed by atoms with Crippen molar-refractivity contribution in [2.75, 3.05) is 6.54 Å². The normalized spacial score (nSPS) is 28.9. The van der Waals surface area contributed by atoms with Crippen LogP contribution in [0.3, 0.4) is 0 Å². The molecule has 0 aromatic heterocycles. The first-order chi connectivity index (χ1) is 7.68. The van der Waals surface area contributed by atoms with Gasteiger partial charge in [-0.2, -0.15) is 0 Å². The quantitative estimate of drug-likeness (QED) is 0.826. The second-order valence-electron chi connectivity index (χ2n) is 4.85. The fourth-order valence-electron chi connectivity index (χ4n) is 2.66. The van der Waals surface area contributed by atoms with E-state index in [9.17, 15) is 5.11 Å². The zero-order valence-corrected chi connectivity index (χ0v) is 10.1. The van der Waals surface area contributed by atoms with Crippen molar-refractivity contribution in [3.05, 3.63) is 35.9 Å². The summed E-state index contributed by atoms with van der Waals surface area (Å²) in [5, 5.41) is 9.62. The second-order valence-corrected chi connectivity index (χ2v) is 4.85. The van der Waals surface area contributed by atoms with Crippen LogP contribution in [0.1, 0.15) is 38.3 Å². The van der Waals surface area contributed by atoms with E-state index in [2.05, 4.69) is 49.1 Å². The van der Waals surface area contributed by atoms with Crippen LogP contribution in [0.4, 0.5) is 0 Å². The summed E-state index contributed by atoms with van der Waals surface area (Å²) in [4.78, 5) is 2.49. The maximum Gasteiger partial charge on any atom is 0.0567 e. The lowest BCUT2D eigenvalue weighted by Gasteiger charge is -2.40. The number of likely N-dealkylation sites (tertiary alicyclic amines) is 1.